The minimum Gasteiger partial charge on any atom is -0.334 e. The number of benzene rings is 2. The largest absolute Gasteiger partial charge is 0.334 e. The predicted molar refractivity (Wildman–Crippen MR) is 167 cm³/mol. The second-order valence-corrected chi connectivity index (χ2v) is 13.1. The van der Waals surface area contributed by atoms with Crippen molar-refractivity contribution in [2.24, 2.45) is 0 Å². The molecular weight excluding hydrogens is 594 g/mol. The van der Waals surface area contributed by atoms with Crippen LogP contribution in [0.1, 0.15) is 76.2 Å². The van der Waals surface area contributed by atoms with Crippen LogP contribution in [-0.2, 0) is 30.8 Å². The van der Waals surface area contributed by atoms with Gasteiger partial charge in [-0.25, -0.2) is 18.7 Å². The molecule has 8 nitrogen and oxygen atoms in total. The fourth-order valence-corrected chi connectivity index (χ4v) is 6.88. The average molecular weight is 627 g/mol. The number of fused-ring (bicyclic) bond motifs is 2. The number of hydrogen-bond acceptors (Lipinski definition) is 6. The molecule has 1 N–H and O–H groups in total. The Bertz CT molecular complexity index is 1810. The smallest absolute Gasteiger partial charge is 0.255 e. The Morgan fingerprint density at radius 3 is 2.64 bits per heavy atom. The Hall–Kier alpha value is -4.40. The first-order valence-electron chi connectivity index (χ1n) is 15.1. The average Bonchev–Trinajstić information content (AvgIpc) is 3.82. The van der Waals surface area contributed by atoms with Crippen LogP contribution in [-0.4, -0.2) is 54.9 Å². The van der Waals surface area contributed by atoms with E-state index in [1.54, 1.807) is 30.9 Å². The molecule has 0 saturated carbocycles. The zero-order chi connectivity index (χ0) is 31.1. The Morgan fingerprint density at radius 2 is 1.89 bits per heavy atom. The summed E-state index contributed by atoms with van der Waals surface area (Å²) in [6.07, 6.45) is 6.05. The number of piperidine rings is 1. The molecule has 7 rings (SSSR count). The normalized spacial score (nSPS) is 17.8. The Morgan fingerprint density at radius 1 is 1.11 bits per heavy atom. The third kappa shape index (κ3) is 6.00. The van der Waals surface area contributed by atoms with Gasteiger partial charge in [0, 0.05) is 65.7 Å². The van der Waals surface area contributed by atoms with Crippen molar-refractivity contribution in [2.45, 2.75) is 64.0 Å². The van der Waals surface area contributed by atoms with Crippen LogP contribution >= 0.6 is 11.3 Å². The first-order chi connectivity index (χ1) is 21.7. The van der Waals surface area contributed by atoms with E-state index in [9.17, 15) is 14.0 Å². The van der Waals surface area contributed by atoms with Crippen LogP contribution in [0.4, 0.5) is 13.9 Å². The fourth-order valence-electron chi connectivity index (χ4n) is 6.34. The van der Waals surface area contributed by atoms with E-state index >= 15 is 4.39 Å². The quantitative estimate of drug-likeness (QED) is 0.287. The molecule has 230 valence electrons. The maximum atomic E-state index is 15.5. The molecule has 1 atom stereocenters. The molecule has 45 heavy (non-hydrogen) atoms. The number of hydrogen-bond donors (Lipinski definition) is 1. The van der Waals surface area contributed by atoms with Crippen molar-refractivity contribution in [3.63, 3.8) is 0 Å². The number of amides is 2. The molecule has 0 spiro atoms. The third-order valence-corrected chi connectivity index (χ3v) is 9.59. The van der Waals surface area contributed by atoms with Crippen molar-refractivity contribution in [3.05, 3.63) is 99.3 Å². The summed E-state index contributed by atoms with van der Waals surface area (Å²) in [6.45, 7) is 4.63. The summed E-state index contributed by atoms with van der Waals surface area (Å²) in [5.74, 6) is 4.66. The SMILES string of the molecule is CC1(F)CCN(Cc2ccc(C#Cc3cc(F)c4c(c3)C(=O)N(C(C(=O)Nc3nccs3)c3ncn5c3CCC5)C4)cc2)CC1. The monoisotopic (exact) mass is 626 g/mol. The van der Waals surface area contributed by atoms with Crippen LogP contribution in [0, 0.1) is 17.7 Å². The van der Waals surface area contributed by atoms with Crippen molar-refractivity contribution in [3.8, 4) is 11.8 Å². The van der Waals surface area contributed by atoms with Gasteiger partial charge in [-0.05, 0) is 62.4 Å². The minimum atomic E-state index is -1.08. The molecule has 2 aromatic heterocycles. The van der Waals surface area contributed by atoms with Crippen LogP contribution in [0.2, 0.25) is 0 Å². The number of thiazole rings is 1. The summed E-state index contributed by atoms with van der Waals surface area (Å²) in [4.78, 5) is 39.8. The number of aromatic nitrogens is 3. The molecule has 0 aliphatic carbocycles. The van der Waals surface area contributed by atoms with E-state index in [-0.39, 0.29) is 17.7 Å². The van der Waals surface area contributed by atoms with E-state index in [1.165, 1.54) is 22.3 Å². The Kier molecular flexibility index (Phi) is 7.71. The number of halogens is 2. The number of anilines is 1. The van der Waals surface area contributed by atoms with Gasteiger partial charge < -0.3 is 9.47 Å². The van der Waals surface area contributed by atoms with Crippen molar-refractivity contribution in [1.82, 2.24) is 24.3 Å². The zero-order valence-electron chi connectivity index (χ0n) is 24.9. The third-order valence-electron chi connectivity index (χ3n) is 8.90. The van der Waals surface area contributed by atoms with Gasteiger partial charge in [-0.3, -0.25) is 19.8 Å². The van der Waals surface area contributed by atoms with E-state index in [0.717, 1.165) is 55.8 Å². The number of nitrogens with zero attached hydrogens (tertiary/aromatic N) is 5. The highest BCUT2D eigenvalue weighted by atomic mass is 32.1. The van der Waals surface area contributed by atoms with E-state index in [0.29, 0.717) is 29.2 Å². The minimum absolute atomic E-state index is 0.0565. The van der Waals surface area contributed by atoms with Crippen molar-refractivity contribution in [1.29, 1.82) is 0 Å². The second-order valence-electron chi connectivity index (χ2n) is 12.2. The summed E-state index contributed by atoms with van der Waals surface area (Å²) in [7, 11) is 0. The second kappa shape index (κ2) is 11.8. The molecule has 5 heterocycles. The van der Waals surface area contributed by atoms with Crippen LogP contribution in [0.15, 0.2) is 54.3 Å². The number of nitrogens with one attached hydrogen (secondary N) is 1. The number of imidazole rings is 1. The molecule has 3 aliphatic rings. The molecule has 1 saturated heterocycles. The summed E-state index contributed by atoms with van der Waals surface area (Å²) in [5.41, 5.74) is 3.03. The van der Waals surface area contributed by atoms with Gasteiger partial charge in [0.1, 0.15) is 11.5 Å². The van der Waals surface area contributed by atoms with Gasteiger partial charge in [0.15, 0.2) is 11.2 Å². The van der Waals surface area contributed by atoms with E-state index in [1.807, 2.05) is 28.8 Å². The van der Waals surface area contributed by atoms with E-state index < -0.39 is 29.3 Å². The van der Waals surface area contributed by atoms with Crippen molar-refractivity contribution >= 4 is 28.3 Å². The lowest BCUT2D eigenvalue weighted by molar-refractivity contribution is -0.121. The maximum absolute atomic E-state index is 15.5. The highest BCUT2D eigenvalue weighted by Crippen LogP contribution is 2.36. The maximum Gasteiger partial charge on any atom is 0.255 e. The molecule has 1 fully saturated rings. The van der Waals surface area contributed by atoms with Crippen LogP contribution in [0.5, 0.6) is 0 Å². The summed E-state index contributed by atoms with van der Waals surface area (Å²) >= 11 is 1.28. The number of aryl methyl sites for hydroxylation is 1. The van der Waals surface area contributed by atoms with Gasteiger partial charge in [-0.1, -0.05) is 24.0 Å². The van der Waals surface area contributed by atoms with Gasteiger partial charge in [0.2, 0.25) is 0 Å². The topological polar surface area (TPSA) is 83.4 Å². The van der Waals surface area contributed by atoms with E-state index in [2.05, 4.69) is 32.0 Å². The van der Waals surface area contributed by atoms with Gasteiger partial charge in [-0.2, -0.15) is 0 Å². The standard InChI is InChI=1S/C34H32F2N6O2S/c1-34(36)10-14-40(15-11-34)19-23-7-4-22(5-8-23)6-9-24-17-25-26(27(35)18-24)20-42(32(25)44)30(31(43)39-33-37-12-16-45-33)29-28-3-2-13-41(28)21-38-29/h4-5,7-8,12,16-18,21,30H,2-3,10-11,13-15,19-20H2,1H3,(H,37,39,43). The number of carbonyl (C=O) groups is 2. The number of rotatable bonds is 6. The Balaban J connectivity index is 1.10. The van der Waals surface area contributed by atoms with Gasteiger partial charge >= 0.3 is 0 Å². The molecule has 0 radical (unpaired) electrons. The van der Waals surface area contributed by atoms with Crippen LogP contribution in [0.3, 0.4) is 0 Å². The molecule has 2 amide bonds. The number of likely N-dealkylation sites (tertiary alicyclic amines) is 1. The van der Waals surface area contributed by atoms with Gasteiger partial charge in [0.25, 0.3) is 11.8 Å². The zero-order valence-corrected chi connectivity index (χ0v) is 25.7. The summed E-state index contributed by atoms with van der Waals surface area (Å²) < 4.78 is 31.6. The molecule has 11 heteroatoms. The lowest BCUT2D eigenvalue weighted by atomic mass is 9.95. The molecule has 3 aliphatic heterocycles. The first-order valence-corrected chi connectivity index (χ1v) is 16.0. The van der Waals surface area contributed by atoms with Crippen molar-refractivity contribution < 1.29 is 18.4 Å². The molecular formula is C34H32F2N6O2S. The highest BCUT2D eigenvalue weighted by Gasteiger charge is 2.42. The lowest BCUT2D eigenvalue weighted by Gasteiger charge is -2.34. The number of alkyl halides is 1. The summed E-state index contributed by atoms with van der Waals surface area (Å²) in [5, 5.41) is 4.98. The van der Waals surface area contributed by atoms with Gasteiger partial charge in [0.05, 0.1) is 18.6 Å². The Labute approximate surface area is 264 Å². The molecule has 2 aromatic carbocycles. The lowest BCUT2D eigenvalue weighted by Crippen LogP contribution is -2.39. The number of carbonyl (C=O) groups excluding carboxylic acids is 2. The fraction of sp³-hybridized carbons (Fsp3) is 0.353. The van der Waals surface area contributed by atoms with E-state index in [4.69, 9.17) is 0 Å². The van der Waals surface area contributed by atoms with Gasteiger partial charge in [-0.15, -0.1) is 11.3 Å². The molecule has 1 unspecified atom stereocenters. The summed E-state index contributed by atoms with van der Waals surface area (Å²) in [6, 6.07) is 9.73. The molecule has 0 bridgehead atoms. The van der Waals surface area contributed by atoms with Crippen LogP contribution < -0.4 is 5.32 Å². The van der Waals surface area contributed by atoms with Crippen LogP contribution in [0.25, 0.3) is 0 Å². The first kappa shape index (κ1) is 29.3. The molecule has 4 aromatic rings. The van der Waals surface area contributed by atoms with Crippen molar-refractivity contribution in [2.75, 3.05) is 18.4 Å². The predicted octanol–water partition coefficient (Wildman–Crippen LogP) is 5.48. The highest BCUT2D eigenvalue weighted by molar-refractivity contribution is 7.13.